The average molecular weight is 413 g/mol. The lowest BCUT2D eigenvalue weighted by Gasteiger charge is -2.06. The minimum atomic E-state index is -0.433. The number of benzene rings is 1. The fourth-order valence-electron chi connectivity index (χ4n) is 2.82. The zero-order valence-electron chi connectivity index (χ0n) is 17.0. The van der Waals surface area contributed by atoms with Gasteiger partial charge in [-0.1, -0.05) is 61.7 Å². The van der Waals surface area contributed by atoms with Crippen LogP contribution in [0.4, 0.5) is 0 Å². The molecule has 0 aliphatic rings. The van der Waals surface area contributed by atoms with Crippen molar-refractivity contribution >= 4 is 12.2 Å². The minimum Gasteiger partial charge on any atom is -0.492 e. The highest BCUT2D eigenvalue weighted by molar-refractivity contribution is 5.52. The van der Waals surface area contributed by atoms with Crippen molar-refractivity contribution in [3.63, 3.8) is 0 Å². The summed E-state index contributed by atoms with van der Waals surface area (Å²) in [5, 5.41) is 0.241. The molecule has 2 heterocycles. The Bertz CT molecular complexity index is 1320. The first-order valence-corrected chi connectivity index (χ1v) is 9.73. The number of rotatable bonds is 8. The number of ether oxygens (including phenoxy) is 1. The maximum atomic E-state index is 12.4. The van der Waals surface area contributed by atoms with E-state index in [2.05, 4.69) is 40.2 Å². The van der Waals surface area contributed by atoms with Crippen LogP contribution in [0.3, 0.4) is 0 Å². The number of pyridine rings is 1. The van der Waals surface area contributed by atoms with Crippen molar-refractivity contribution < 1.29 is 4.74 Å². The van der Waals surface area contributed by atoms with Crippen molar-refractivity contribution in [3.05, 3.63) is 128 Å². The zero-order valence-corrected chi connectivity index (χ0v) is 17.0. The summed E-state index contributed by atoms with van der Waals surface area (Å²) in [6.07, 6.45) is 10.2. The van der Waals surface area contributed by atoms with E-state index in [0.29, 0.717) is 23.6 Å². The van der Waals surface area contributed by atoms with Crippen LogP contribution in [-0.2, 0) is 6.42 Å². The molecule has 0 aliphatic heterocycles. The van der Waals surface area contributed by atoms with Gasteiger partial charge in [-0.3, -0.25) is 14.6 Å². The third-order valence-electron chi connectivity index (χ3n) is 4.40. The van der Waals surface area contributed by atoms with Crippen LogP contribution in [0.15, 0.2) is 95.2 Å². The van der Waals surface area contributed by atoms with Gasteiger partial charge in [0.2, 0.25) is 0 Å². The Morgan fingerprint density at radius 2 is 1.74 bits per heavy atom. The van der Waals surface area contributed by atoms with Gasteiger partial charge in [-0.25, -0.2) is 0 Å². The number of aromatic amines is 2. The van der Waals surface area contributed by atoms with Crippen molar-refractivity contribution in [2.24, 2.45) is 0 Å². The fraction of sp³-hybridized carbons (Fsp3) is 0.0800. The van der Waals surface area contributed by atoms with Crippen LogP contribution < -0.4 is 26.6 Å². The highest BCUT2D eigenvalue weighted by Crippen LogP contribution is 2.10. The van der Waals surface area contributed by atoms with Gasteiger partial charge in [0.1, 0.15) is 16.4 Å². The molecule has 0 aliphatic carbocycles. The largest absolute Gasteiger partial charge is 0.492 e. The van der Waals surface area contributed by atoms with E-state index < -0.39 is 11.1 Å². The maximum absolute atomic E-state index is 12.4. The van der Waals surface area contributed by atoms with Gasteiger partial charge in [-0.05, 0) is 35.4 Å². The molecule has 2 N–H and O–H groups in total. The Kier molecular flexibility index (Phi) is 7.32. The summed E-state index contributed by atoms with van der Waals surface area (Å²) in [6, 6.07) is 13.6. The summed E-state index contributed by atoms with van der Waals surface area (Å²) in [5.41, 5.74) is 1.51. The van der Waals surface area contributed by atoms with Gasteiger partial charge in [0.25, 0.3) is 11.1 Å². The molecule has 3 rings (SSSR count). The molecule has 6 nitrogen and oxygen atoms in total. The molecule has 0 atom stereocenters. The Hall–Kier alpha value is -4.19. The second kappa shape index (κ2) is 10.5. The molecule has 1 aromatic carbocycles. The van der Waals surface area contributed by atoms with Crippen LogP contribution in [0.2, 0.25) is 0 Å². The average Bonchev–Trinajstić information content (AvgIpc) is 2.78. The molecule has 0 fully saturated rings. The topological polar surface area (TPSA) is 87.8 Å². The maximum Gasteiger partial charge on any atom is 0.272 e. The van der Waals surface area contributed by atoms with E-state index in [1.54, 1.807) is 36.6 Å². The van der Waals surface area contributed by atoms with Gasteiger partial charge in [0, 0.05) is 6.42 Å². The lowest BCUT2D eigenvalue weighted by atomic mass is 10.2. The van der Waals surface area contributed by atoms with E-state index in [-0.39, 0.29) is 10.7 Å². The number of allylic oxidation sites excluding steroid dienone is 4. The number of H-pyrrole nitrogens is 2. The minimum absolute atomic E-state index is 0.111. The second-order valence-corrected chi connectivity index (χ2v) is 6.63. The van der Waals surface area contributed by atoms with Crippen molar-refractivity contribution in [1.29, 1.82) is 0 Å². The molecule has 0 bridgehead atoms. The van der Waals surface area contributed by atoms with Crippen molar-refractivity contribution in [3.8, 4) is 5.75 Å². The molecular weight excluding hydrogens is 390 g/mol. The predicted octanol–water partition coefficient (Wildman–Crippen LogP) is 1.99. The monoisotopic (exact) mass is 413 g/mol. The molecule has 3 aromatic rings. The molecule has 156 valence electrons. The van der Waals surface area contributed by atoms with Crippen molar-refractivity contribution in [1.82, 2.24) is 15.0 Å². The molecule has 0 spiro atoms. The van der Waals surface area contributed by atoms with Gasteiger partial charge < -0.3 is 14.7 Å². The van der Waals surface area contributed by atoms with Crippen LogP contribution in [0.25, 0.3) is 12.2 Å². The lowest BCUT2D eigenvalue weighted by Crippen LogP contribution is -2.46. The quantitative estimate of drug-likeness (QED) is 0.553. The number of nitrogens with zero attached hydrogens (tertiary/aromatic N) is 1. The summed E-state index contributed by atoms with van der Waals surface area (Å²) in [7, 11) is 0. The van der Waals surface area contributed by atoms with Crippen molar-refractivity contribution in [2.75, 3.05) is 6.61 Å². The SMILES string of the molecule is C=C/C=C(C=C)/C=c1\[nH]c(=O)/c(=C/c2ccc(OCCc3ccccc3)cn2)[nH]c1=O. The van der Waals surface area contributed by atoms with E-state index in [1.165, 1.54) is 17.7 Å². The second-order valence-electron chi connectivity index (χ2n) is 6.63. The zero-order chi connectivity index (χ0) is 22.1. The van der Waals surface area contributed by atoms with Crippen molar-refractivity contribution in [2.45, 2.75) is 6.42 Å². The van der Waals surface area contributed by atoms with E-state index in [0.717, 1.165) is 6.42 Å². The molecule has 31 heavy (non-hydrogen) atoms. The third kappa shape index (κ3) is 6.14. The van der Waals surface area contributed by atoms with Crippen LogP contribution >= 0.6 is 0 Å². The van der Waals surface area contributed by atoms with Crippen LogP contribution in [0.1, 0.15) is 11.3 Å². The van der Waals surface area contributed by atoms with Gasteiger partial charge in [0.05, 0.1) is 18.5 Å². The Balaban J connectivity index is 1.76. The van der Waals surface area contributed by atoms with Gasteiger partial charge in [-0.2, -0.15) is 0 Å². The van der Waals surface area contributed by atoms with E-state index >= 15 is 0 Å². The third-order valence-corrected chi connectivity index (χ3v) is 4.40. The normalized spacial score (nSPS) is 12.6. The van der Waals surface area contributed by atoms with Crippen LogP contribution in [0.5, 0.6) is 5.75 Å². The first kappa shape index (κ1) is 21.5. The summed E-state index contributed by atoms with van der Waals surface area (Å²) in [4.78, 5) is 34.1. The van der Waals surface area contributed by atoms with Crippen LogP contribution in [0, 0.1) is 0 Å². The molecule has 0 saturated heterocycles. The molecule has 0 amide bonds. The Labute approximate surface area is 179 Å². The highest BCUT2D eigenvalue weighted by Gasteiger charge is 2.00. The number of nitrogens with one attached hydrogen (secondary N) is 2. The van der Waals surface area contributed by atoms with E-state index in [4.69, 9.17) is 4.74 Å². The molecule has 0 unspecified atom stereocenters. The summed E-state index contributed by atoms with van der Waals surface area (Å²) in [5.74, 6) is 0.631. The van der Waals surface area contributed by atoms with Gasteiger partial charge in [-0.15, -0.1) is 0 Å². The van der Waals surface area contributed by atoms with Gasteiger partial charge >= 0.3 is 0 Å². The van der Waals surface area contributed by atoms with Gasteiger partial charge in [0.15, 0.2) is 0 Å². The van der Waals surface area contributed by atoms with E-state index in [9.17, 15) is 9.59 Å². The fourth-order valence-corrected chi connectivity index (χ4v) is 2.82. The summed E-state index contributed by atoms with van der Waals surface area (Å²) in [6.45, 7) is 7.80. The highest BCUT2D eigenvalue weighted by atomic mass is 16.5. The summed E-state index contributed by atoms with van der Waals surface area (Å²) >= 11 is 0. The van der Waals surface area contributed by atoms with Crippen LogP contribution in [-0.4, -0.2) is 21.6 Å². The molecule has 2 aromatic heterocycles. The Morgan fingerprint density at radius 1 is 1.00 bits per heavy atom. The smallest absolute Gasteiger partial charge is 0.272 e. The predicted molar refractivity (Wildman–Crippen MR) is 123 cm³/mol. The number of aromatic nitrogens is 3. The Morgan fingerprint density at radius 3 is 2.42 bits per heavy atom. The molecule has 6 heteroatoms. The summed E-state index contributed by atoms with van der Waals surface area (Å²) < 4.78 is 5.71. The standard InChI is InChI=1S/C25H23N3O3/c1-3-8-18(4-2)15-22-24(29)28-23(25(30)27-22)16-20-11-12-21(17-26-20)31-14-13-19-9-6-5-7-10-19/h3-12,15-17H,1-2,13-14H2,(H,27,30)(H,28,29)/b18-8+,22-15-,23-16-. The molecule has 0 radical (unpaired) electrons. The first-order valence-electron chi connectivity index (χ1n) is 9.73. The lowest BCUT2D eigenvalue weighted by molar-refractivity contribution is 0.320. The molecule has 0 saturated carbocycles. The van der Waals surface area contributed by atoms with E-state index in [1.807, 2.05) is 18.2 Å². The number of hydrogen-bond acceptors (Lipinski definition) is 4. The molecular formula is C25H23N3O3. The number of hydrogen-bond donors (Lipinski definition) is 2. The first-order chi connectivity index (χ1) is 15.1.